The van der Waals surface area contributed by atoms with Gasteiger partial charge in [0.1, 0.15) is 5.75 Å². The van der Waals surface area contributed by atoms with Crippen LogP contribution in [0.15, 0.2) is 224 Å². The van der Waals surface area contributed by atoms with Crippen LogP contribution in [0.25, 0.3) is 105 Å². The van der Waals surface area contributed by atoms with Crippen LogP contribution in [0.4, 0.5) is 0 Å². The van der Waals surface area contributed by atoms with E-state index in [9.17, 15) is 0 Å². The molecule has 0 saturated carbocycles. The molecule has 0 fully saturated rings. The summed E-state index contributed by atoms with van der Waals surface area (Å²) in [5.74, 6) is 0.671. The predicted octanol–water partition coefficient (Wildman–Crippen LogP) is 31.5. The van der Waals surface area contributed by atoms with Crippen LogP contribution in [0.5, 0.6) is 5.75 Å². The minimum atomic E-state index is -1.90. The molecule has 0 saturated heterocycles. The van der Waals surface area contributed by atoms with Crippen LogP contribution in [-0.4, -0.2) is 73.3 Å². The van der Waals surface area contributed by atoms with E-state index in [4.69, 9.17) is 283 Å². The van der Waals surface area contributed by atoms with Crippen LogP contribution in [0, 0.1) is 0 Å². The Hall–Kier alpha value is -4.71. The Balaban J connectivity index is 0.000000181. The van der Waals surface area contributed by atoms with Gasteiger partial charge >= 0.3 is 0 Å². The van der Waals surface area contributed by atoms with E-state index in [2.05, 4.69) is 102 Å². The summed E-state index contributed by atoms with van der Waals surface area (Å²) in [6, 6.07) is 72.0. The van der Waals surface area contributed by atoms with Crippen LogP contribution in [0.1, 0.15) is 91.1 Å². The van der Waals surface area contributed by atoms with Crippen molar-refractivity contribution in [1.29, 1.82) is 0 Å². The molecular formula is C82H51Cl25N12O. The van der Waals surface area contributed by atoms with Gasteiger partial charge in [-0.3, -0.25) is 0 Å². The minimum Gasteiger partial charge on any atom is -0.497 e. The average molecular weight is 2110 g/mol. The number of rotatable bonds is 13. The Morgan fingerprint density at radius 1 is 0.208 bits per heavy atom. The summed E-state index contributed by atoms with van der Waals surface area (Å²) < 4.78 is -9.99. The number of ether oxygens (including phenoxy) is 1. The van der Waals surface area contributed by atoms with Gasteiger partial charge < -0.3 is 4.74 Å². The maximum atomic E-state index is 5.95. The van der Waals surface area contributed by atoms with Crippen molar-refractivity contribution in [2.75, 3.05) is 13.5 Å². The van der Waals surface area contributed by atoms with Crippen LogP contribution < -0.4 is 4.74 Å². The fourth-order valence-corrected chi connectivity index (χ4v) is 12.0. The Labute approximate surface area is 815 Å². The second-order valence-corrected chi connectivity index (χ2v) is 42.4. The van der Waals surface area contributed by atoms with E-state index in [-0.39, 0.29) is 69.9 Å². The molecule has 0 aliphatic heterocycles. The molecule has 9 aromatic carbocycles. The third-order valence-corrected chi connectivity index (χ3v) is 19.7. The molecule has 0 atom stereocenters. The second kappa shape index (κ2) is 44.1. The molecule has 13 aromatic rings. The summed E-state index contributed by atoms with van der Waals surface area (Å²) in [5.41, 5.74) is 10.9. The molecule has 13 rings (SSSR count). The van der Waals surface area contributed by atoms with Crippen molar-refractivity contribution < 1.29 is 4.74 Å². The first-order chi connectivity index (χ1) is 56.4. The number of halogens is 25. The Bertz CT molecular complexity index is 5400. The number of alkyl halides is 25. The van der Waals surface area contributed by atoms with Crippen LogP contribution in [0.2, 0.25) is 0 Å². The van der Waals surface area contributed by atoms with Crippen molar-refractivity contribution in [3.63, 3.8) is 0 Å². The molecule has 620 valence electrons. The van der Waals surface area contributed by atoms with Crippen molar-refractivity contribution in [2.45, 2.75) is 30.3 Å². The molecule has 0 spiro atoms. The van der Waals surface area contributed by atoms with Gasteiger partial charge in [-0.05, 0) is 67.4 Å². The van der Waals surface area contributed by atoms with Gasteiger partial charge in [0.05, 0.1) is 7.11 Å². The zero-order chi connectivity index (χ0) is 87.6. The first-order valence-corrected chi connectivity index (χ1v) is 43.6. The smallest absolute Gasteiger partial charge is 0.250 e. The van der Waals surface area contributed by atoms with Crippen molar-refractivity contribution in [3.8, 4) is 51.3 Å². The van der Waals surface area contributed by atoms with E-state index in [0.717, 1.165) is 50.3 Å². The van der Waals surface area contributed by atoms with E-state index in [1.807, 2.05) is 243 Å². The van der Waals surface area contributed by atoms with Crippen molar-refractivity contribution in [1.82, 2.24) is 59.8 Å². The lowest BCUT2D eigenvalue weighted by molar-refractivity contribution is 0.415. The highest BCUT2D eigenvalue weighted by atomic mass is 35.6. The van der Waals surface area contributed by atoms with Gasteiger partial charge in [-0.25, -0.2) is 59.8 Å². The van der Waals surface area contributed by atoms with Gasteiger partial charge in [0, 0.05) is 28.6 Å². The molecule has 0 unspecified atom stereocenters. The van der Waals surface area contributed by atoms with Gasteiger partial charge in [-0.2, -0.15) is 0 Å². The van der Waals surface area contributed by atoms with Gasteiger partial charge in [-0.1, -0.05) is 539 Å². The predicted molar refractivity (Wildman–Crippen MR) is 512 cm³/mol. The molecule has 38 heteroatoms. The maximum Gasteiger partial charge on any atom is 0.250 e. The summed E-state index contributed by atoms with van der Waals surface area (Å²) in [6.45, 7) is 0. The molecule has 13 nitrogen and oxygen atoms in total. The normalized spacial score (nSPS) is 12.3. The molecule has 0 aliphatic rings. The quantitative estimate of drug-likeness (QED) is 0.0792. The fraction of sp³-hybridized carbons (Fsp3) is 0.122. The molecule has 0 amide bonds. The highest BCUT2D eigenvalue weighted by Crippen LogP contribution is 2.46. The van der Waals surface area contributed by atoms with Crippen LogP contribution in [0.3, 0.4) is 0 Å². The first-order valence-electron chi connectivity index (χ1n) is 33.8. The lowest BCUT2D eigenvalue weighted by Gasteiger charge is -2.15. The number of methoxy groups -OCH3 is 1. The molecule has 4 aromatic heterocycles. The van der Waals surface area contributed by atoms with E-state index < -0.39 is 30.3 Å². The minimum absolute atomic E-state index is 0.128. The summed E-state index contributed by atoms with van der Waals surface area (Å²) in [5, 5.41) is 2.38. The number of nitrogens with zero attached hydrogens (tertiary/aromatic N) is 12. The topological polar surface area (TPSA) is 164 Å². The molecule has 0 aliphatic carbocycles. The lowest BCUT2D eigenvalue weighted by atomic mass is 10.0. The number of fused-ring (bicyclic) bond motifs is 1. The molecule has 0 radical (unpaired) electrons. The third-order valence-electron chi connectivity index (χ3n) is 15.6. The van der Waals surface area contributed by atoms with Gasteiger partial charge in [0.25, 0.3) is 0 Å². The van der Waals surface area contributed by atoms with E-state index in [1.165, 1.54) is 17.2 Å². The fourth-order valence-electron chi connectivity index (χ4n) is 10.0. The Kier molecular flexibility index (Phi) is 36.4. The van der Waals surface area contributed by atoms with Gasteiger partial charge in [0.15, 0.2) is 69.9 Å². The standard InChI is InChI=1S/C23H13Cl6N3.C20H13Cl6N3O.2C19H11Cl6N3.CH3Cl/c24-22(25,26)20-30-19(31-21(32-20)23(27,28)29)17-12-9-14(10-13-17)8-11-16-6-3-5-15-4-1-2-7-18(15)16;1-30-15-10-6-13(7-11-15)3-2-12-4-8-14(9-5-12)16-27-17(19(21,22)23)29-18(28-16)20(24,25)26;2*20-18(21,22)16-26-15(27-17(28-16)19(23,24)25)14-10-8-13(9-11-14)7-6-12-4-2-1-3-5-12;1-2/h1-13H;2-11H,1H3;2*1-11H;1H3. The van der Waals surface area contributed by atoms with Crippen LogP contribution in [-0.2, 0) is 30.3 Å². The summed E-state index contributed by atoms with van der Waals surface area (Å²) in [4.78, 5) is 49.5. The van der Waals surface area contributed by atoms with E-state index in [1.54, 1.807) is 7.11 Å². The second-order valence-electron chi connectivity index (χ2n) is 24.2. The zero-order valence-electron chi connectivity index (χ0n) is 60.7. The van der Waals surface area contributed by atoms with E-state index in [0.29, 0.717) is 22.3 Å². The number of hydrogen-bond donors (Lipinski definition) is 0. The molecule has 120 heavy (non-hydrogen) atoms. The summed E-state index contributed by atoms with van der Waals surface area (Å²) >= 11 is 147. The van der Waals surface area contributed by atoms with Crippen molar-refractivity contribution in [3.05, 3.63) is 316 Å². The summed E-state index contributed by atoms with van der Waals surface area (Å²) in [7, 11) is 1.63. The van der Waals surface area contributed by atoms with Crippen molar-refractivity contribution >= 4 is 349 Å². The molecular weight excluding hydrogens is 2060 g/mol. The molecule has 0 bridgehead atoms. The van der Waals surface area contributed by atoms with E-state index >= 15 is 0 Å². The number of aromatic nitrogens is 12. The average Bonchev–Trinajstić information content (AvgIpc) is 0.809. The lowest BCUT2D eigenvalue weighted by Crippen LogP contribution is -2.16. The van der Waals surface area contributed by atoms with Crippen LogP contribution >= 0.6 is 290 Å². The SMILES string of the molecule is CCl.COc1ccc(C=Cc2ccc(-c3nc(C(Cl)(Cl)Cl)nc(C(Cl)(Cl)Cl)n3)cc2)cc1.ClC(Cl)(Cl)c1nc(-c2ccc(C=Cc3cccc4ccccc34)cc2)nc(C(Cl)(Cl)Cl)n1.ClC(Cl)(Cl)c1nc(-c2ccc(C=Cc3ccccc3)cc2)nc(C(Cl)(Cl)Cl)n1.ClC(Cl)(Cl)c1nc(-c2ccc(C=Cc3ccccc3)cc2)nc(C(Cl)(Cl)Cl)n1. The molecule has 0 N–H and O–H groups in total. The Morgan fingerprint density at radius 3 is 0.642 bits per heavy atom. The molecule has 4 heterocycles. The Morgan fingerprint density at radius 2 is 0.408 bits per heavy atom. The summed E-state index contributed by atoms with van der Waals surface area (Å²) in [6.07, 6.45) is 17.5. The highest BCUT2D eigenvalue weighted by molar-refractivity contribution is 6.70. The van der Waals surface area contributed by atoms with Gasteiger partial charge in [0.2, 0.25) is 30.3 Å². The highest BCUT2D eigenvalue weighted by Gasteiger charge is 2.38. The number of hydrogen-bond acceptors (Lipinski definition) is 13. The first kappa shape index (κ1) is 99.1. The number of benzene rings is 9. The zero-order valence-corrected chi connectivity index (χ0v) is 79.6. The largest absolute Gasteiger partial charge is 0.497 e. The third kappa shape index (κ3) is 30.5. The van der Waals surface area contributed by atoms with Crippen molar-refractivity contribution in [2.24, 2.45) is 0 Å². The van der Waals surface area contributed by atoms with Gasteiger partial charge in [-0.15, -0.1) is 11.6 Å². The maximum absolute atomic E-state index is 5.95. The monoisotopic (exact) mass is 2090 g/mol.